The van der Waals surface area contributed by atoms with Gasteiger partial charge in [-0.25, -0.2) is 0 Å². The highest BCUT2D eigenvalue weighted by molar-refractivity contribution is 5.95. The molecule has 2 amide bonds. The van der Waals surface area contributed by atoms with Crippen molar-refractivity contribution in [2.45, 2.75) is 45.1 Å². The molecule has 1 fully saturated rings. The highest BCUT2D eigenvalue weighted by Gasteiger charge is 2.15. The lowest BCUT2D eigenvalue weighted by atomic mass is 9.98. The van der Waals surface area contributed by atoms with Crippen LogP contribution >= 0.6 is 0 Å². The molecule has 1 saturated carbocycles. The van der Waals surface area contributed by atoms with Gasteiger partial charge in [0.15, 0.2) is 0 Å². The lowest BCUT2D eigenvalue weighted by Crippen LogP contribution is -2.43. The maximum Gasteiger partial charge on any atom is 0.269 e. The van der Waals surface area contributed by atoms with Crippen LogP contribution < -0.4 is 15.6 Å². The van der Waals surface area contributed by atoms with Gasteiger partial charge in [-0.05, 0) is 44.0 Å². The summed E-state index contributed by atoms with van der Waals surface area (Å²) in [6, 6.07) is 6.72. The van der Waals surface area contributed by atoms with Crippen LogP contribution in [-0.4, -0.2) is 31.1 Å². The van der Waals surface area contributed by atoms with E-state index in [2.05, 4.69) is 10.9 Å². The molecular formula is C17H24N2O4. The quantitative estimate of drug-likeness (QED) is 0.788. The predicted molar refractivity (Wildman–Crippen MR) is 86.0 cm³/mol. The number of hydrogen-bond acceptors (Lipinski definition) is 4. The van der Waals surface area contributed by atoms with Crippen molar-refractivity contribution >= 4 is 11.8 Å². The normalized spacial score (nSPS) is 15.0. The van der Waals surface area contributed by atoms with E-state index in [1.54, 1.807) is 24.3 Å². The molecule has 0 heterocycles. The summed E-state index contributed by atoms with van der Waals surface area (Å²) in [7, 11) is 0. The molecule has 6 nitrogen and oxygen atoms in total. The van der Waals surface area contributed by atoms with Crippen LogP contribution in [0.2, 0.25) is 0 Å². The summed E-state index contributed by atoms with van der Waals surface area (Å²) in [5.41, 5.74) is 5.19. The smallest absolute Gasteiger partial charge is 0.269 e. The number of hydrazine groups is 1. The third kappa shape index (κ3) is 5.90. The Bertz CT molecular complexity index is 510. The second kappa shape index (κ2) is 9.15. The minimum Gasteiger partial charge on any atom is -0.494 e. The molecule has 1 aromatic rings. The van der Waals surface area contributed by atoms with E-state index < -0.39 is 0 Å². The molecule has 0 atom stereocenters. The molecule has 0 radical (unpaired) electrons. The molecule has 6 heteroatoms. The molecule has 23 heavy (non-hydrogen) atoms. The summed E-state index contributed by atoms with van der Waals surface area (Å²) in [6.45, 7) is 2.43. The Labute approximate surface area is 136 Å². The fourth-order valence-electron chi connectivity index (χ4n) is 2.53. The number of amides is 2. The van der Waals surface area contributed by atoms with Crippen molar-refractivity contribution in [3.05, 3.63) is 29.8 Å². The Hall–Kier alpha value is -2.08. The number of nitrogens with one attached hydrogen (secondary N) is 2. The first-order valence-electron chi connectivity index (χ1n) is 8.12. The number of ether oxygens (including phenoxy) is 2. The van der Waals surface area contributed by atoms with Crippen molar-refractivity contribution in [2.24, 2.45) is 0 Å². The number of benzene rings is 1. The minimum absolute atomic E-state index is 0.0335. The third-order valence-electron chi connectivity index (χ3n) is 3.75. The van der Waals surface area contributed by atoms with Crippen LogP contribution in [0.4, 0.5) is 0 Å². The molecule has 0 aliphatic heterocycles. The Balaban J connectivity index is 1.69. The molecular weight excluding hydrogens is 296 g/mol. The predicted octanol–water partition coefficient (Wildman–Crippen LogP) is 2.20. The first kappa shape index (κ1) is 17.3. The van der Waals surface area contributed by atoms with E-state index in [4.69, 9.17) is 9.47 Å². The number of rotatable bonds is 6. The maximum atomic E-state index is 11.9. The standard InChI is InChI=1S/C17H24N2O4/c1-2-22-15-10-8-13(9-11-15)17(21)19-18-16(20)12-23-14-6-4-3-5-7-14/h8-11,14H,2-7,12H2,1H3,(H,18,20)(H,19,21). The van der Waals surface area contributed by atoms with Crippen molar-refractivity contribution in [1.29, 1.82) is 0 Å². The average Bonchev–Trinajstić information content (AvgIpc) is 2.59. The van der Waals surface area contributed by atoms with Gasteiger partial charge in [0.2, 0.25) is 0 Å². The van der Waals surface area contributed by atoms with Gasteiger partial charge >= 0.3 is 0 Å². The zero-order valence-corrected chi connectivity index (χ0v) is 13.5. The van der Waals surface area contributed by atoms with E-state index in [0.717, 1.165) is 25.7 Å². The maximum absolute atomic E-state index is 11.9. The molecule has 1 aliphatic carbocycles. The van der Waals surface area contributed by atoms with E-state index in [0.29, 0.717) is 17.9 Å². The highest BCUT2D eigenvalue weighted by atomic mass is 16.5. The lowest BCUT2D eigenvalue weighted by molar-refractivity contribution is -0.129. The molecule has 1 aliphatic rings. The van der Waals surface area contributed by atoms with Crippen LogP contribution in [0, 0.1) is 0 Å². The monoisotopic (exact) mass is 320 g/mol. The zero-order chi connectivity index (χ0) is 16.5. The fourth-order valence-corrected chi connectivity index (χ4v) is 2.53. The van der Waals surface area contributed by atoms with Gasteiger partial charge in [0.1, 0.15) is 12.4 Å². The van der Waals surface area contributed by atoms with E-state index >= 15 is 0 Å². The molecule has 1 aromatic carbocycles. The van der Waals surface area contributed by atoms with E-state index in [9.17, 15) is 9.59 Å². The van der Waals surface area contributed by atoms with Crippen molar-refractivity contribution < 1.29 is 19.1 Å². The molecule has 0 saturated heterocycles. The zero-order valence-electron chi connectivity index (χ0n) is 13.5. The molecule has 2 rings (SSSR count). The molecule has 2 N–H and O–H groups in total. The van der Waals surface area contributed by atoms with Gasteiger partial charge in [0, 0.05) is 5.56 Å². The fraction of sp³-hybridized carbons (Fsp3) is 0.529. The first-order chi connectivity index (χ1) is 11.2. The summed E-state index contributed by atoms with van der Waals surface area (Å²) < 4.78 is 10.9. The highest BCUT2D eigenvalue weighted by Crippen LogP contribution is 2.19. The van der Waals surface area contributed by atoms with Crippen molar-refractivity contribution in [2.75, 3.05) is 13.2 Å². The summed E-state index contributed by atoms with van der Waals surface area (Å²) >= 11 is 0. The van der Waals surface area contributed by atoms with Crippen LogP contribution in [0.3, 0.4) is 0 Å². The third-order valence-corrected chi connectivity index (χ3v) is 3.75. The molecule has 0 unspecified atom stereocenters. The van der Waals surface area contributed by atoms with Crippen LogP contribution in [-0.2, 0) is 9.53 Å². The van der Waals surface area contributed by atoms with Crippen LogP contribution in [0.5, 0.6) is 5.75 Å². The van der Waals surface area contributed by atoms with E-state index in [1.165, 1.54) is 6.42 Å². The number of carbonyl (C=O) groups is 2. The van der Waals surface area contributed by atoms with E-state index in [-0.39, 0.29) is 24.5 Å². The summed E-state index contributed by atoms with van der Waals surface area (Å²) in [5, 5.41) is 0. The molecule has 0 bridgehead atoms. The second-order valence-corrected chi connectivity index (χ2v) is 5.53. The number of carbonyl (C=O) groups excluding carboxylic acids is 2. The number of hydrogen-bond donors (Lipinski definition) is 2. The second-order valence-electron chi connectivity index (χ2n) is 5.53. The SMILES string of the molecule is CCOc1ccc(C(=O)NNC(=O)COC2CCCCC2)cc1. The Morgan fingerprint density at radius 3 is 2.43 bits per heavy atom. The van der Waals surface area contributed by atoms with Crippen molar-refractivity contribution in [1.82, 2.24) is 10.9 Å². The van der Waals surface area contributed by atoms with Gasteiger partial charge < -0.3 is 9.47 Å². The largest absolute Gasteiger partial charge is 0.494 e. The van der Waals surface area contributed by atoms with Crippen molar-refractivity contribution in [3.8, 4) is 5.75 Å². The van der Waals surface area contributed by atoms with E-state index in [1.807, 2.05) is 6.92 Å². The molecule has 0 spiro atoms. The van der Waals surface area contributed by atoms with Gasteiger partial charge in [-0.1, -0.05) is 19.3 Å². The van der Waals surface area contributed by atoms with Crippen LogP contribution in [0.1, 0.15) is 49.4 Å². The average molecular weight is 320 g/mol. The lowest BCUT2D eigenvalue weighted by Gasteiger charge is -2.21. The van der Waals surface area contributed by atoms with Crippen LogP contribution in [0.25, 0.3) is 0 Å². The van der Waals surface area contributed by atoms with Gasteiger partial charge in [0.25, 0.3) is 11.8 Å². The molecule has 126 valence electrons. The Kier molecular flexibility index (Phi) is 6.87. The van der Waals surface area contributed by atoms with Gasteiger partial charge in [-0.2, -0.15) is 0 Å². The Morgan fingerprint density at radius 2 is 1.78 bits per heavy atom. The summed E-state index contributed by atoms with van der Waals surface area (Å²) in [5.74, 6) is -0.0251. The van der Waals surface area contributed by atoms with Crippen LogP contribution in [0.15, 0.2) is 24.3 Å². The topological polar surface area (TPSA) is 76.7 Å². The van der Waals surface area contributed by atoms with Gasteiger partial charge in [-0.3, -0.25) is 20.4 Å². The first-order valence-corrected chi connectivity index (χ1v) is 8.12. The summed E-state index contributed by atoms with van der Waals surface area (Å²) in [6.07, 6.45) is 5.72. The van der Waals surface area contributed by atoms with Crippen molar-refractivity contribution in [3.63, 3.8) is 0 Å². The van der Waals surface area contributed by atoms with Gasteiger partial charge in [0.05, 0.1) is 12.7 Å². The molecule has 0 aromatic heterocycles. The summed E-state index contributed by atoms with van der Waals surface area (Å²) in [4.78, 5) is 23.6. The minimum atomic E-state index is -0.376. The van der Waals surface area contributed by atoms with Gasteiger partial charge in [-0.15, -0.1) is 0 Å². The Morgan fingerprint density at radius 1 is 1.09 bits per heavy atom.